The van der Waals surface area contributed by atoms with Gasteiger partial charge in [-0.3, -0.25) is 0 Å². The number of aromatic nitrogens is 4. The molecule has 5 nitrogen and oxygen atoms in total. The van der Waals surface area contributed by atoms with Gasteiger partial charge < -0.3 is 5.32 Å². The SMILES string of the molecule is Cc1nc2nccc(-c3cc4c(cc3C)NC(C)(C)CC4C)n2n1. The molecular weight excluding hydrogens is 298 g/mol. The monoisotopic (exact) mass is 321 g/mol. The molecule has 4 rings (SSSR count). The molecule has 2 aromatic heterocycles. The molecule has 1 aliphatic rings. The molecule has 0 aliphatic carbocycles. The normalized spacial score (nSPS) is 19.1. The summed E-state index contributed by atoms with van der Waals surface area (Å²) in [5.74, 6) is 1.90. The number of hydrogen-bond acceptors (Lipinski definition) is 4. The second kappa shape index (κ2) is 5.03. The van der Waals surface area contributed by atoms with Crippen molar-refractivity contribution in [3.8, 4) is 11.3 Å². The molecule has 0 saturated heterocycles. The van der Waals surface area contributed by atoms with E-state index in [4.69, 9.17) is 0 Å². The Bertz CT molecular complexity index is 938. The van der Waals surface area contributed by atoms with E-state index in [9.17, 15) is 0 Å². The zero-order chi connectivity index (χ0) is 17.1. The smallest absolute Gasteiger partial charge is 0.252 e. The van der Waals surface area contributed by atoms with E-state index in [1.54, 1.807) is 0 Å². The summed E-state index contributed by atoms with van der Waals surface area (Å²) in [6, 6.07) is 6.59. The fraction of sp³-hybridized carbons (Fsp3) is 0.421. The number of fused-ring (bicyclic) bond motifs is 2. The van der Waals surface area contributed by atoms with Crippen molar-refractivity contribution in [2.24, 2.45) is 0 Å². The minimum Gasteiger partial charge on any atom is -0.380 e. The molecule has 0 radical (unpaired) electrons. The van der Waals surface area contributed by atoms with Crippen molar-refractivity contribution >= 4 is 11.5 Å². The van der Waals surface area contributed by atoms with Gasteiger partial charge in [0.05, 0.1) is 5.69 Å². The van der Waals surface area contributed by atoms with Crippen LogP contribution in [0.5, 0.6) is 0 Å². The van der Waals surface area contributed by atoms with Crippen LogP contribution >= 0.6 is 0 Å². The molecule has 3 heterocycles. The van der Waals surface area contributed by atoms with Crippen molar-refractivity contribution in [3.63, 3.8) is 0 Å². The van der Waals surface area contributed by atoms with Gasteiger partial charge in [-0.25, -0.2) is 4.98 Å². The summed E-state index contributed by atoms with van der Waals surface area (Å²) in [6.07, 6.45) is 2.93. The van der Waals surface area contributed by atoms with Gasteiger partial charge >= 0.3 is 0 Å². The average Bonchev–Trinajstić information content (AvgIpc) is 2.85. The summed E-state index contributed by atoms with van der Waals surface area (Å²) >= 11 is 0. The van der Waals surface area contributed by atoms with Crippen LogP contribution in [0.3, 0.4) is 0 Å². The summed E-state index contributed by atoms with van der Waals surface area (Å²) in [6.45, 7) is 10.9. The van der Waals surface area contributed by atoms with E-state index >= 15 is 0 Å². The van der Waals surface area contributed by atoms with E-state index in [2.05, 4.69) is 60.2 Å². The summed E-state index contributed by atoms with van der Waals surface area (Å²) in [7, 11) is 0. The third kappa shape index (κ3) is 2.35. The predicted molar refractivity (Wildman–Crippen MR) is 96.4 cm³/mol. The first-order valence-electron chi connectivity index (χ1n) is 8.45. The van der Waals surface area contributed by atoms with Gasteiger partial charge in [0.2, 0.25) is 0 Å². The van der Waals surface area contributed by atoms with Crippen LogP contribution in [0.25, 0.3) is 17.0 Å². The standard InChI is InChI=1S/C19H23N5/c1-11-8-16-14(12(2)10-19(4,5)22-16)9-15(11)17-6-7-20-18-21-13(3)23-24(17)18/h6-9,12,22H,10H2,1-5H3. The highest BCUT2D eigenvalue weighted by atomic mass is 15.3. The number of benzene rings is 1. The number of nitrogens with one attached hydrogen (secondary N) is 1. The molecule has 1 aliphatic heterocycles. The van der Waals surface area contributed by atoms with Crippen LogP contribution in [-0.4, -0.2) is 25.1 Å². The first-order valence-corrected chi connectivity index (χ1v) is 8.45. The number of anilines is 1. The molecule has 24 heavy (non-hydrogen) atoms. The first-order chi connectivity index (χ1) is 11.3. The van der Waals surface area contributed by atoms with Crippen molar-refractivity contribution < 1.29 is 0 Å². The van der Waals surface area contributed by atoms with E-state index in [-0.39, 0.29) is 5.54 Å². The van der Waals surface area contributed by atoms with E-state index in [0.717, 1.165) is 17.9 Å². The maximum absolute atomic E-state index is 4.51. The lowest BCUT2D eigenvalue weighted by atomic mass is 9.80. The van der Waals surface area contributed by atoms with Crippen molar-refractivity contribution in [1.29, 1.82) is 0 Å². The fourth-order valence-electron chi connectivity index (χ4n) is 3.91. The molecule has 0 fully saturated rings. The van der Waals surface area contributed by atoms with Gasteiger partial charge in [0.1, 0.15) is 5.82 Å². The zero-order valence-electron chi connectivity index (χ0n) is 14.9. The number of rotatable bonds is 1. The van der Waals surface area contributed by atoms with Crippen LogP contribution in [0, 0.1) is 13.8 Å². The number of aryl methyl sites for hydroxylation is 2. The van der Waals surface area contributed by atoms with Crippen molar-refractivity contribution in [3.05, 3.63) is 41.3 Å². The summed E-state index contributed by atoms with van der Waals surface area (Å²) in [5, 5.41) is 8.19. The quantitative estimate of drug-likeness (QED) is 0.733. The first kappa shape index (κ1) is 15.1. The largest absolute Gasteiger partial charge is 0.380 e. The summed E-state index contributed by atoms with van der Waals surface area (Å²) in [4.78, 5) is 8.70. The maximum atomic E-state index is 4.51. The van der Waals surface area contributed by atoms with Gasteiger partial charge in [-0.2, -0.15) is 9.50 Å². The third-order valence-corrected chi connectivity index (χ3v) is 4.84. The van der Waals surface area contributed by atoms with Gasteiger partial charge in [-0.1, -0.05) is 6.92 Å². The topological polar surface area (TPSA) is 55.1 Å². The molecule has 0 amide bonds. The molecular formula is C19H23N5. The lowest BCUT2D eigenvalue weighted by molar-refractivity contribution is 0.454. The molecule has 1 unspecified atom stereocenters. The van der Waals surface area contributed by atoms with Gasteiger partial charge in [0, 0.05) is 23.0 Å². The Morgan fingerprint density at radius 1 is 1.25 bits per heavy atom. The van der Waals surface area contributed by atoms with Crippen LogP contribution in [0.15, 0.2) is 24.4 Å². The fourth-order valence-corrected chi connectivity index (χ4v) is 3.91. The second-order valence-electron chi connectivity index (χ2n) is 7.57. The van der Waals surface area contributed by atoms with Crippen LogP contribution < -0.4 is 5.32 Å². The lowest BCUT2D eigenvalue weighted by Gasteiger charge is -2.38. The maximum Gasteiger partial charge on any atom is 0.252 e. The molecule has 5 heteroatoms. The van der Waals surface area contributed by atoms with Crippen molar-refractivity contribution in [2.45, 2.75) is 52.5 Å². The van der Waals surface area contributed by atoms with Gasteiger partial charge in [-0.15, -0.1) is 5.10 Å². The minimum absolute atomic E-state index is 0.132. The molecule has 1 atom stereocenters. The van der Waals surface area contributed by atoms with Crippen molar-refractivity contribution in [1.82, 2.24) is 19.6 Å². The molecule has 124 valence electrons. The average molecular weight is 321 g/mol. The number of hydrogen-bond donors (Lipinski definition) is 1. The lowest BCUT2D eigenvalue weighted by Crippen LogP contribution is -2.36. The Hall–Kier alpha value is -2.43. The second-order valence-corrected chi connectivity index (χ2v) is 7.57. The van der Waals surface area contributed by atoms with Gasteiger partial charge in [0.25, 0.3) is 5.78 Å². The molecule has 0 saturated carbocycles. The van der Waals surface area contributed by atoms with Crippen LogP contribution in [-0.2, 0) is 0 Å². The van der Waals surface area contributed by atoms with E-state index in [0.29, 0.717) is 11.7 Å². The highest BCUT2D eigenvalue weighted by Gasteiger charge is 2.30. The van der Waals surface area contributed by atoms with Crippen LogP contribution in [0.2, 0.25) is 0 Å². The van der Waals surface area contributed by atoms with E-state index < -0.39 is 0 Å². The highest BCUT2D eigenvalue weighted by molar-refractivity contribution is 5.72. The highest BCUT2D eigenvalue weighted by Crippen LogP contribution is 2.41. The predicted octanol–water partition coefficient (Wildman–Crippen LogP) is 4.11. The van der Waals surface area contributed by atoms with Crippen LogP contribution in [0.1, 0.15) is 50.1 Å². The molecule has 1 aromatic carbocycles. The Labute approximate surface area is 142 Å². The Morgan fingerprint density at radius 2 is 2.04 bits per heavy atom. The third-order valence-electron chi connectivity index (χ3n) is 4.84. The van der Waals surface area contributed by atoms with Gasteiger partial charge in [-0.05, 0) is 69.4 Å². The summed E-state index contributed by atoms with van der Waals surface area (Å²) in [5.41, 5.74) is 6.22. The Balaban J connectivity index is 1.92. The molecule has 0 spiro atoms. The van der Waals surface area contributed by atoms with Crippen LogP contribution in [0.4, 0.5) is 5.69 Å². The Kier molecular flexibility index (Phi) is 3.17. The minimum atomic E-state index is 0.132. The van der Waals surface area contributed by atoms with Crippen molar-refractivity contribution in [2.75, 3.05) is 5.32 Å². The molecule has 0 bridgehead atoms. The zero-order valence-corrected chi connectivity index (χ0v) is 14.9. The number of nitrogens with zero attached hydrogens (tertiary/aromatic N) is 4. The Morgan fingerprint density at radius 3 is 2.83 bits per heavy atom. The molecule has 3 aromatic rings. The molecule has 1 N–H and O–H groups in total. The van der Waals surface area contributed by atoms with E-state index in [1.807, 2.05) is 23.7 Å². The van der Waals surface area contributed by atoms with E-state index in [1.165, 1.54) is 22.4 Å². The summed E-state index contributed by atoms with van der Waals surface area (Å²) < 4.78 is 1.84. The van der Waals surface area contributed by atoms with Gasteiger partial charge in [0.15, 0.2) is 0 Å².